The van der Waals surface area contributed by atoms with Crippen LogP contribution >= 0.6 is 24.4 Å². The predicted molar refractivity (Wildman–Crippen MR) is 58.6 cm³/mol. The zero-order valence-electron chi connectivity index (χ0n) is 6.93. The standard InChI is InChI=1S/C8H10N2OS2/c11-7-3-4-9-8(10-7)13-6-2-1-5-12/h1-4,12H,5-6H2,(H,9,10,11). The molecule has 0 fully saturated rings. The van der Waals surface area contributed by atoms with Crippen molar-refractivity contribution in [1.82, 2.24) is 9.97 Å². The molecule has 1 aromatic heterocycles. The van der Waals surface area contributed by atoms with Crippen LogP contribution in [0.3, 0.4) is 0 Å². The number of rotatable bonds is 4. The minimum atomic E-state index is -0.115. The highest BCUT2D eigenvalue weighted by molar-refractivity contribution is 7.99. The number of aromatic amines is 1. The zero-order chi connectivity index (χ0) is 9.52. The summed E-state index contributed by atoms with van der Waals surface area (Å²) in [6.45, 7) is 0. The van der Waals surface area contributed by atoms with Gasteiger partial charge in [0.15, 0.2) is 5.16 Å². The van der Waals surface area contributed by atoms with Crippen molar-refractivity contribution in [3.8, 4) is 0 Å². The maximum Gasteiger partial charge on any atom is 0.251 e. The van der Waals surface area contributed by atoms with Gasteiger partial charge in [-0.2, -0.15) is 12.6 Å². The van der Waals surface area contributed by atoms with Crippen molar-refractivity contribution in [2.45, 2.75) is 5.16 Å². The first-order chi connectivity index (χ1) is 6.33. The van der Waals surface area contributed by atoms with Crippen LogP contribution in [0.4, 0.5) is 0 Å². The largest absolute Gasteiger partial charge is 0.301 e. The van der Waals surface area contributed by atoms with Crippen LogP contribution < -0.4 is 5.56 Å². The molecule has 0 saturated carbocycles. The van der Waals surface area contributed by atoms with E-state index in [-0.39, 0.29) is 5.56 Å². The molecule has 1 aromatic rings. The second-order valence-corrected chi connectivity index (χ2v) is 3.58. The van der Waals surface area contributed by atoms with Crippen molar-refractivity contribution in [2.24, 2.45) is 0 Å². The summed E-state index contributed by atoms with van der Waals surface area (Å²) in [6, 6.07) is 1.40. The number of hydrogen-bond donors (Lipinski definition) is 2. The molecule has 70 valence electrons. The summed E-state index contributed by atoms with van der Waals surface area (Å²) in [5, 5.41) is 0.649. The zero-order valence-corrected chi connectivity index (χ0v) is 8.65. The Hall–Kier alpha value is -0.680. The Balaban J connectivity index is 2.45. The lowest BCUT2D eigenvalue weighted by atomic mass is 10.6. The van der Waals surface area contributed by atoms with Crippen molar-refractivity contribution in [3.05, 3.63) is 34.8 Å². The Morgan fingerprint density at radius 1 is 1.62 bits per heavy atom. The van der Waals surface area contributed by atoms with E-state index in [1.807, 2.05) is 12.2 Å². The minimum absolute atomic E-state index is 0.115. The van der Waals surface area contributed by atoms with E-state index < -0.39 is 0 Å². The van der Waals surface area contributed by atoms with Crippen LogP contribution in [0, 0.1) is 0 Å². The van der Waals surface area contributed by atoms with Crippen molar-refractivity contribution in [3.63, 3.8) is 0 Å². The first-order valence-corrected chi connectivity index (χ1v) is 5.38. The second-order valence-electron chi connectivity index (χ2n) is 2.20. The molecule has 0 aliphatic rings. The summed E-state index contributed by atoms with van der Waals surface area (Å²) in [7, 11) is 0. The fourth-order valence-electron chi connectivity index (χ4n) is 0.695. The summed E-state index contributed by atoms with van der Waals surface area (Å²) in [4.78, 5) is 17.5. The maximum absolute atomic E-state index is 10.8. The van der Waals surface area contributed by atoms with E-state index in [4.69, 9.17) is 0 Å². The average Bonchev–Trinajstić information content (AvgIpc) is 2.13. The molecule has 1 N–H and O–H groups in total. The Morgan fingerprint density at radius 3 is 3.15 bits per heavy atom. The van der Waals surface area contributed by atoms with Crippen molar-refractivity contribution < 1.29 is 0 Å². The van der Waals surface area contributed by atoms with Crippen LogP contribution in [-0.4, -0.2) is 21.5 Å². The van der Waals surface area contributed by atoms with Gasteiger partial charge in [-0.3, -0.25) is 4.79 Å². The van der Waals surface area contributed by atoms with Crippen LogP contribution in [-0.2, 0) is 0 Å². The monoisotopic (exact) mass is 214 g/mol. The number of thiol groups is 1. The van der Waals surface area contributed by atoms with Gasteiger partial charge in [0.2, 0.25) is 0 Å². The highest BCUT2D eigenvalue weighted by atomic mass is 32.2. The summed E-state index contributed by atoms with van der Waals surface area (Å²) in [5.74, 6) is 1.53. The van der Waals surface area contributed by atoms with Gasteiger partial charge < -0.3 is 4.98 Å². The average molecular weight is 214 g/mol. The molecule has 0 aromatic carbocycles. The molecule has 13 heavy (non-hydrogen) atoms. The lowest BCUT2D eigenvalue weighted by Crippen LogP contribution is -2.05. The SMILES string of the molecule is O=c1ccnc(SCC=CCS)[nH]1. The van der Waals surface area contributed by atoms with E-state index in [0.717, 1.165) is 11.5 Å². The van der Waals surface area contributed by atoms with Crippen LogP contribution in [0.2, 0.25) is 0 Å². The Labute approximate surface area is 86.1 Å². The first-order valence-electron chi connectivity index (χ1n) is 3.77. The molecule has 0 unspecified atom stereocenters. The third-order valence-corrected chi connectivity index (χ3v) is 2.29. The molecule has 1 heterocycles. The van der Waals surface area contributed by atoms with Crippen molar-refractivity contribution in [2.75, 3.05) is 11.5 Å². The quantitative estimate of drug-likeness (QED) is 0.344. The molecule has 0 aliphatic heterocycles. The molecule has 1 rings (SSSR count). The highest BCUT2D eigenvalue weighted by Gasteiger charge is 1.92. The molecule has 0 saturated heterocycles. The topological polar surface area (TPSA) is 45.8 Å². The van der Waals surface area contributed by atoms with E-state index in [1.54, 1.807) is 0 Å². The second kappa shape index (κ2) is 5.88. The number of aromatic nitrogens is 2. The van der Waals surface area contributed by atoms with Gasteiger partial charge in [0, 0.05) is 23.8 Å². The Morgan fingerprint density at radius 2 is 2.46 bits per heavy atom. The predicted octanol–water partition coefficient (Wildman–Crippen LogP) is 1.35. The number of nitrogens with zero attached hydrogens (tertiary/aromatic N) is 1. The number of H-pyrrole nitrogens is 1. The Bertz CT molecular complexity index is 335. The van der Waals surface area contributed by atoms with Gasteiger partial charge in [-0.1, -0.05) is 23.9 Å². The third kappa shape index (κ3) is 4.19. The molecule has 0 spiro atoms. The van der Waals surface area contributed by atoms with Crippen molar-refractivity contribution >= 4 is 24.4 Å². The molecule has 0 amide bonds. The molecular formula is C8H10N2OS2. The van der Waals surface area contributed by atoms with Gasteiger partial charge in [-0.25, -0.2) is 4.98 Å². The van der Waals surface area contributed by atoms with Crippen LogP contribution in [0.5, 0.6) is 0 Å². The summed E-state index contributed by atoms with van der Waals surface area (Å²) < 4.78 is 0. The van der Waals surface area contributed by atoms with Gasteiger partial charge in [0.1, 0.15) is 0 Å². The van der Waals surface area contributed by atoms with Gasteiger partial charge >= 0.3 is 0 Å². The van der Waals surface area contributed by atoms with Crippen LogP contribution in [0.1, 0.15) is 0 Å². The smallest absolute Gasteiger partial charge is 0.251 e. The van der Waals surface area contributed by atoms with Gasteiger partial charge in [0.05, 0.1) is 0 Å². The molecule has 0 aliphatic carbocycles. The first kappa shape index (κ1) is 10.4. The van der Waals surface area contributed by atoms with E-state index >= 15 is 0 Å². The lowest BCUT2D eigenvalue weighted by molar-refractivity contribution is 0.938. The van der Waals surface area contributed by atoms with Gasteiger partial charge in [-0.15, -0.1) is 0 Å². The Kier molecular flexibility index (Phi) is 4.70. The van der Waals surface area contributed by atoms with Crippen LogP contribution in [0.25, 0.3) is 0 Å². The summed E-state index contributed by atoms with van der Waals surface area (Å²) in [5.41, 5.74) is -0.115. The van der Waals surface area contributed by atoms with E-state index in [2.05, 4.69) is 22.6 Å². The van der Waals surface area contributed by atoms with E-state index in [9.17, 15) is 4.79 Å². The minimum Gasteiger partial charge on any atom is -0.301 e. The van der Waals surface area contributed by atoms with Gasteiger partial charge in [0.25, 0.3) is 5.56 Å². The maximum atomic E-state index is 10.8. The third-order valence-electron chi connectivity index (χ3n) is 1.24. The lowest BCUT2D eigenvalue weighted by Gasteiger charge is -1.94. The molecular weight excluding hydrogens is 204 g/mol. The van der Waals surface area contributed by atoms with Gasteiger partial charge in [-0.05, 0) is 0 Å². The van der Waals surface area contributed by atoms with Crippen molar-refractivity contribution in [1.29, 1.82) is 0 Å². The van der Waals surface area contributed by atoms with E-state index in [1.165, 1.54) is 24.0 Å². The fraction of sp³-hybridized carbons (Fsp3) is 0.250. The highest BCUT2D eigenvalue weighted by Crippen LogP contribution is 2.09. The molecule has 3 nitrogen and oxygen atoms in total. The normalized spacial score (nSPS) is 10.8. The fourth-order valence-corrected chi connectivity index (χ4v) is 1.54. The molecule has 0 radical (unpaired) electrons. The molecule has 5 heteroatoms. The number of hydrogen-bond acceptors (Lipinski definition) is 4. The van der Waals surface area contributed by atoms with E-state index in [0.29, 0.717) is 5.16 Å². The molecule has 0 atom stereocenters. The summed E-state index contributed by atoms with van der Waals surface area (Å²) >= 11 is 5.51. The number of thioether (sulfide) groups is 1. The van der Waals surface area contributed by atoms with Crippen LogP contribution in [0.15, 0.2) is 34.4 Å². The summed E-state index contributed by atoms with van der Waals surface area (Å²) in [6.07, 6.45) is 5.45. The number of nitrogens with one attached hydrogen (secondary N) is 1. The molecule has 0 bridgehead atoms.